The summed E-state index contributed by atoms with van der Waals surface area (Å²) in [7, 11) is -2.41. The van der Waals surface area contributed by atoms with Crippen molar-refractivity contribution < 1.29 is 9.15 Å². The van der Waals surface area contributed by atoms with Gasteiger partial charge in [-0.15, -0.1) is 0 Å². The molecule has 4 heteroatoms. The summed E-state index contributed by atoms with van der Waals surface area (Å²) in [5, 5.41) is 0. The molecular weight excluding hydrogens is 232 g/mol. The smallest absolute Gasteiger partial charge is 0.227 e. The lowest BCUT2D eigenvalue weighted by atomic mass is 10.5. The molecule has 0 saturated carbocycles. The molecule has 0 fully saturated rings. The maximum Gasteiger partial charge on any atom is 0.227 e. The highest BCUT2D eigenvalue weighted by Crippen LogP contribution is 2.25. The fourth-order valence-corrected chi connectivity index (χ4v) is 7.11. The molecule has 0 aromatic rings. The maximum absolute atomic E-state index is 5.85. The topological polar surface area (TPSA) is 18.5 Å². The van der Waals surface area contributed by atoms with Gasteiger partial charge in [0.25, 0.3) is 0 Å². The molecule has 0 amide bonds. The van der Waals surface area contributed by atoms with Crippen molar-refractivity contribution in [2.75, 3.05) is 0 Å². The van der Waals surface area contributed by atoms with Gasteiger partial charge in [0.15, 0.2) is 0 Å². The highest BCUT2D eigenvalue weighted by Gasteiger charge is 2.27. The van der Waals surface area contributed by atoms with Crippen LogP contribution in [0.1, 0.15) is 55.4 Å². The zero-order valence-corrected chi connectivity index (χ0v) is 14.6. The maximum atomic E-state index is 5.85. The summed E-state index contributed by atoms with van der Waals surface area (Å²) in [4.78, 5) is 0. The lowest BCUT2D eigenvalue weighted by molar-refractivity contribution is -0.119. The Labute approximate surface area is 105 Å². The number of hydrogen-bond acceptors (Lipinski definition) is 2. The normalized spacial score (nSPS) is 13.1. The van der Waals surface area contributed by atoms with Gasteiger partial charge in [0.05, 0.1) is 0 Å². The molecule has 0 saturated heterocycles. The highest BCUT2D eigenvalue weighted by molar-refractivity contribution is 6.57. The Balaban J connectivity index is 4.27. The fourth-order valence-electron chi connectivity index (χ4n) is 2.11. The third-order valence-electron chi connectivity index (χ3n) is 2.91. The van der Waals surface area contributed by atoms with E-state index in [9.17, 15) is 0 Å². The summed E-state index contributed by atoms with van der Waals surface area (Å²) in [6.07, 6.45) is 0. The van der Waals surface area contributed by atoms with Crippen molar-refractivity contribution >= 4 is 18.1 Å². The third kappa shape index (κ3) is 5.61. The van der Waals surface area contributed by atoms with Gasteiger partial charge in [-0.3, -0.25) is 0 Å². The standard InChI is InChI=1S/C12H30O2Si2/c1-9(2)15(10(3)4)13-14-16(11(5)6)12(7)8/h9-12,15-16H,1-8H3. The molecule has 0 unspecified atom stereocenters. The van der Waals surface area contributed by atoms with Crippen molar-refractivity contribution in [3.05, 3.63) is 0 Å². The Bertz CT molecular complexity index is 146. The first-order valence-electron chi connectivity index (χ1n) is 6.59. The minimum absolute atomic E-state index is 0.647. The summed E-state index contributed by atoms with van der Waals surface area (Å²) in [6, 6.07) is 0. The molecule has 16 heavy (non-hydrogen) atoms. The highest BCUT2D eigenvalue weighted by atomic mass is 28.3. The molecule has 0 atom stereocenters. The van der Waals surface area contributed by atoms with Crippen LogP contribution in [-0.2, 0) is 9.15 Å². The van der Waals surface area contributed by atoms with Gasteiger partial charge in [-0.1, -0.05) is 55.4 Å². The van der Waals surface area contributed by atoms with E-state index in [0.29, 0.717) is 22.2 Å². The van der Waals surface area contributed by atoms with Gasteiger partial charge in [0.1, 0.15) is 0 Å². The first-order chi connectivity index (χ1) is 7.27. The molecule has 0 spiro atoms. The monoisotopic (exact) mass is 262 g/mol. The van der Waals surface area contributed by atoms with Crippen molar-refractivity contribution in [2.24, 2.45) is 0 Å². The molecule has 0 rings (SSSR count). The average Bonchev–Trinajstić information content (AvgIpc) is 2.09. The molecule has 0 heterocycles. The van der Waals surface area contributed by atoms with E-state index in [-0.39, 0.29) is 0 Å². The fraction of sp³-hybridized carbons (Fsp3) is 1.00. The summed E-state index contributed by atoms with van der Waals surface area (Å²) >= 11 is 0. The number of hydrogen-bond donors (Lipinski definition) is 0. The molecule has 0 radical (unpaired) electrons. The van der Waals surface area contributed by atoms with Gasteiger partial charge in [0.2, 0.25) is 18.1 Å². The van der Waals surface area contributed by atoms with Crippen molar-refractivity contribution in [3.63, 3.8) is 0 Å². The van der Waals surface area contributed by atoms with E-state index in [1.165, 1.54) is 0 Å². The van der Waals surface area contributed by atoms with Crippen molar-refractivity contribution in [1.82, 2.24) is 0 Å². The van der Waals surface area contributed by atoms with Crippen LogP contribution in [0.5, 0.6) is 0 Å². The lowest BCUT2D eigenvalue weighted by Gasteiger charge is -2.28. The molecule has 0 aromatic carbocycles. The third-order valence-corrected chi connectivity index (χ3v) is 9.05. The van der Waals surface area contributed by atoms with Crippen LogP contribution in [0.15, 0.2) is 0 Å². The Morgan fingerprint density at radius 3 is 0.812 bits per heavy atom. The van der Waals surface area contributed by atoms with Gasteiger partial charge >= 0.3 is 0 Å². The average molecular weight is 263 g/mol. The Hall–Kier alpha value is 0.354. The van der Waals surface area contributed by atoms with Crippen LogP contribution < -0.4 is 0 Å². The molecule has 2 nitrogen and oxygen atoms in total. The Morgan fingerprint density at radius 2 is 0.688 bits per heavy atom. The minimum atomic E-state index is -1.21. The van der Waals surface area contributed by atoms with Gasteiger partial charge in [-0.05, 0) is 22.2 Å². The molecule has 0 aliphatic carbocycles. The van der Waals surface area contributed by atoms with Crippen LogP contribution in [0.25, 0.3) is 0 Å². The number of rotatable bonds is 7. The Kier molecular flexibility index (Phi) is 7.80. The van der Waals surface area contributed by atoms with E-state index in [1.54, 1.807) is 0 Å². The first kappa shape index (κ1) is 16.4. The predicted octanol–water partition coefficient (Wildman–Crippen LogP) is 4.02. The van der Waals surface area contributed by atoms with E-state index in [2.05, 4.69) is 55.4 Å². The van der Waals surface area contributed by atoms with Crippen molar-refractivity contribution in [2.45, 2.75) is 77.6 Å². The molecule has 0 aliphatic heterocycles. The van der Waals surface area contributed by atoms with Crippen LogP contribution in [0.3, 0.4) is 0 Å². The summed E-state index contributed by atoms with van der Waals surface area (Å²) < 4.78 is 11.7. The molecule has 0 N–H and O–H groups in total. The van der Waals surface area contributed by atoms with Crippen LogP contribution >= 0.6 is 0 Å². The quantitative estimate of drug-likeness (QED) is 0.392. The van der Waals surface area contributed by atoms with Crippen molar-refractivity contribution in [1.29, 1.82) is 0 Å². The molecule has 0 aliphatic rings. The predicted molar refractivity (Wildman–Crippen MR) is 76.9 cm³/mol. The van der Waals surface area contributed by atoms with Crippen LogP contribution in [0.4, 0.5) is 0 Å². The summed E-state index contributed by atoms with van der Waals surface area (Å²) in [6.45, 7) is 18.0. The van der Waals surface area contributed by atoms with E-state index in [1.807, 2.05) is 0 Å². The van der Waals surface area contributed by atoms with Gasteiger partial charge in [-0.25, -0.2) is 0 Å². The minimum Gasteiger partial charge on any atom is -0.301 e. The van der Waals surface area contributed by atoms with Gasteiger partial charge < -0.3 is 9.15 Å². The van der Waals surface area contributed by atoms with Crippen molar-refractivity contribution in [3.8, 4) is 0 Å². The first-order valence-corrected chi connectivity index (χ1v) is 10.2. The lowest BCUT2D eigenvalue weighted by Crippen LogP contribution is -2.33. The van der Waals surface area contributed by atoms with Crippen LogP contribution in [-0.4, -0.2) is 18.1 Å². The Morgan fingerprint density at radius 1 is 0.500 bits per heavy atom. The second kappa shape index (κ2) is 7.64. The van der Waals surface area contributed by atoms with Gasteiger partial charge in [0, 0.05) is 0 Å². The molecular formula is C12H30O2Si2. The van der Waals surface area contributed by atoms with Crippen LogP contribution in [0.2, 0.25) is 22.2 Å². The molecule has 98 valence electrons. The molecule has 0 bridgehead atoms. The molecule has 0 aromatic heterocycles. The van der Waals surface area contributed by atoms with E-state index in [4.69, 9.17) is 9.15 Å². The van der Waals surface area contributed by atoms with E-state index < -0.39 is 18.1 Å². The zero-order chi connectivity index (χ0) is 12.9. The zero-order valence-electron chi connectivity index (χ0n) is 12.3. The van der Waals surface area contributed by atoms with E-state index in [0.717, 1.165) is 0 Å². The second-order valence-corrected chi connectivity index (χ2v) is 13.7. The summed E-state index contributed by atoms with van der Waals surface area (Å²) in [5.41, 5.74) is 2.59. The van der Waals surface area contributed by atoms with Gasteiger partial charge in [-0.2, -0.15) is 0 Å². The van der Waals surface area contributed by atoms with E-state index >= 15 is 0 Å². The summed E-state index contributed by atoms with van der Waals surface area (Å²) in [5.74, 6) is 0. The largest absolute Gasteiger partial charge is 0.301 e. The second-order valence-electron chi connectivity index (χ2n) is 6.10. The SMILES string of the molecule is CC(C)[SiH](OO[SiH](C(C)C)C(C)C)C(C)C. The van der Waals surface area contributed by atoms with Crippen LogP contribution in [0, 0.1) is 0 Å².